The van der Waals surface area contributed by atoms with Gasteiger partial charge in [-0.2, -0.15) is 0 Å². The molecule has 2 unspecified atom stereocenters. The van der Waals surface area contributed by atoms with E-state index in [4.69, 9.17) is 28.6 Å². The van der Waals surface area contributed by atoms with E-state index in [0.29, 0.717) is 15.8 Å². The molecule has 1 aliphatic heterocycles. The smallest absolute Gasteiger partial charge is 0.250 e. The minimum Gasteiger partial charge on any atom is -0.375 e. The van der Waals surface area contributed by atoms with Crippen LogP contribution in [0, 0.1) is 6.92 Å². The van der Waals surface area contributed by atoms with Crippen molar-refractivity contribution in [2.45, 2.75) is 19.0 Å². The van der Waals surface area contributed by atoms with E-state index < -0.39 is 0 Å². The number of aromatic nitrogens is 2. The Balaban J connectivity index is 1.59. The number of pyridine rings is 1. The van der Waals surface area contributed by atoms with Crippen molar-refractivity contribution in [3.05, 3.63) is 107 Å². The van der Waals surface area contributed by atoms with Crippen molar-refractivity contribution in [2.24, 2.45) is 0 Å². The predicted molar refractivity (Wildman–Crippen MR) is 150 cm³/mol. The van der Waals surface area contributed by atoms with Crippen molar-refractivity contribution in [3.63, 3.8) is 0 Å². The first kappa shape index (κ1) is 25.0. The molecule has 9 heteroatoms. The molecular formula is C28H26ClN5O2S. The number of nitrogens with one attached hydrogen (secondary N) is 2. The summed E-state index contributed by atoms with van der Waals surface area (Å²) in [6.45, 7) is 2.03. The van der Waals surface area contributed by atoms with Gasteiger partial charge in [0.2, 0.25) is 5.91 Å². The van der Waals surface area contributed by atoms with Gasteiger partial charge in [-0.25, -0.2) is 0 Å². The zero-order chi connectivity index (χ0) is 25.9. The summed E-state index contributed by atoms with van der Waals surface area (Å²) in [6.07, 6.45) is 3.84. The summed E-state index contributed by atoms with van der Waals surface area (Å²) in [5, 5.41) is 7.22. The lowest BCUT2D eigenvalue weighted by atomic mass is 10.0. The molecule has 2 N–H and O–H groups in total. The van der Waals surface area contributed by atoms with Crippen LogP contribution in [0.5, 0.6) is 0 Å². The van der Waals surface area contributed by atoms with Crippen molar-refractivity contribution in [1.29, 1.82) is 0 Å². The fourth-order valence-electron chi connectivity index (χ4n) is 4.65. The van der Waals surface area contributed by atoms with E-state index in [2.05, 4.69) is 68.5 Å². The Morgan fingerprint density at radius 3 is 2.70 bits per heavy atom. The van der Waals surface area contributed by atoms with E-state index in [-0.39, 0.29) is 24.6 Å². The van der Waals surface area contributed by atoms with Gasteiger partial charge in [0.05, 0.1) is 22.4 Å². The summed E-state index contributed by atoms with van der Waals surface area (Å²) in [6, 6.07) is 23.4. The topological polar surface area (TPSA) is 71.4 Å². The highest BCUT2D eigenvalue weighted by Crippen LogP contribution is 2.43. The summed E-state index contributed by atoms with van der Waals surface area (Å²) >= 11 is 12.5. The maximum absolute atomic E-state index is 12.0. The van der Waals surface area contributed by atoms with Gasteiger partial charge >= 0.3 is 0 Å². The van der Waals surface area contributed by atoms with Gasteiger partial charge in [-0.15, -0.1) is 0 Å². The molecule has 4 aromatic rings. The standard InChI is InChI=1S/C28H26ClN5O2S/c1-18-7-5-8-19(15-18)33-14-6-10-24(33)27-26(23-9-3-4-13-30-23)32-28(37)34(27)20-11-12-22(21(29)16-20)31-25(35)17-36-2/h3-16,26-27H,17H2,1-2H3,(H,31,35)(H,32,37). The Labute approximate surface area is 226 Å². The van der Waals surface area contributed by atoms with E-state index in [1.54, 1.807) is 12.3 Å². The molecule has 3 heterocycles. The average Bonchev–Trinajstić information content (AvgIpc) is 3.50. The van der Waals surface area contributed by atoms with Crippen LogP contribution in [0.1, 0.15) is 29.0 Å². The zero-order valence-electron chi connectivity index (χ0n) is 20.4. The molecule has 2 atom stereocenters. The number of nitrogens with zero attached hydrogens (tertiary/aromatic N) is 3. The highest BCUT2D eigenvalue weighted by atomic mass is 35.5. The minimum atomic E-state index is -0.278. The van der Waals surface area contributed by atoms with Gasteiger partial charge in [0, 0.05) is 36.6 Å². The minimum absolute atomic E-state index is 0.0536. The Hall–Kier alpha value is -3.72. The second-order valence-corrected chi connectivity index (χ2v) is 9.58. The third-order valence-electron chi connectivity index (χ3n) is 6.24. The molecule has 2 aromatic carbocycles. The number of carbonyl (C=O) groups is 1. The third-order valence-corrected chi connectivity index (χ3v) is 6.87. The number of carbonyl (C=O) groups excluding carboxylic acids is 1. The average molecular weight is 532 g/mol. The number of methoxy groups -OCH3 is 1. The summed E-state index contributed by atoms with van der Waals surface area (Å²) < 4.78 is 7.08. The molecule has 1 fully saturated rings. The lowest BCUT2D eigenvalue weighted by Gasteiger charge is -2.29. The van der Waals surface area contributed by atoms with E-state index in [9.17, 15) is 4.79 Å². The second kappa shape index (κ2) is 10.7. The first-order valence-corrected chi connectivity index (χ1v) is 12.6. The summed E-state index contributed by atoms with van der Waals surface area (Å²) in [7, 11) is 1.47. The van der Waals surface area contributed by atoms with Crippen LogP contribution in [0.2, 0.25) is 5.02 Å². The van der Waals surface area contributed by atoms with Crippen molar-refractivity contribution < 1.29 is 9.53 Å². The second-order valence-electron chi connectivity index (χ2n) is 8.78. The monoisotopic (exact) mass is 531 g/mol. The van der Waals surface area contributed by atoms with Crippen LogP contribution in [0.4, 0.5) is 11.4 Å². The quantitative estimate of drug-likeness (QED) is 0.303. The fourth-order valence-corrected chi connectivity index (χ4v) is 5.22. The van der Waals surface area contributed by atoms with Crippen LogP contribution in [-0.4, -0.2) is 34.3 Å². The van der Waals surface area contributed by atoms with Crippen LogP contribution in [0.3, 0.4) is 0 Å². The van der Waals surface area contributed by atoms with Crippen LogP contribution >= 0.6 is 23.8 Å². The summed E-state index contributed by atoms with van der Waals surface area (Å²) in [4.78, 5) is 18.7. The summed E-state index contributed by atoms with van der Waals surface area (Å²) in [5.74, 6) is -0.278. The van der Waals surface area contributed by atoms with Gasteiger partial charge in [-0.05, 0) is 79.3 Å². The predicted octanol–water partition coefficient (Wildman–Crippen LogP) is 5.60. The molecule has 2 aromatic heterocycles. The number of hydrogen-bond acceptors (Lipinski definition) is 4. The Kier molecular flexibility index (Phi) is 7.23. The van der Waals surface area contributed by atoms with Gasteiger partial charge in [-0.1, -0.05) is 29.8 Å². The number of hydrogen-bond donors (Lipinski definition) is 2. The highest BCUT2D eigenvalue weighted by molar-refractivity contribution is 7.80. The highest BCUT2D eigenvalue weighted by Gasteiger charge is 2.42. The van der Waals surface area contributed by atoms with Gasteiger partial charge in [-0.3, -0.25) is 9.78 Å². The van der Waals surface area contributed by atoms with Crippen molar-refractivity contribution in [3.8, 4) is 5.69 Å². The Morgan fingerprint density at radius 1 is 1.11 bits per heavy atom. The third kappa shape index (κ3) is 5.09. The number of ether oxygens (including phenoxy) is 1. The number of halogens is 1. The van der Waals surface area contributed by atoms with E-state index in [1.165, 1.54) is 12.7 Å². The molecule has 1 amide bonds. The Bertz CT molecular complexity index is 1440. The van der Waals surface area contributed by atoms with Gasteiger partial charge in [0.25, 0.3) is 0 Å². The molecule has 0 saturated carbocycles. The van der Waals surface area contributed by atoms with E-state index >= 15 is 0 Å². The number of benzene rings is 2. The molecule has 188 valence electrons. The maximum atomic E-state index is 12.0. The van der Waals surface area contributed by atoms with E-state index in [0.717, 1.165) is 22.8 Å². The molecule has 0 spiro atoms. The van der Waals surface area contributed by atoms with Crippen LogP contribution < -0.4 is 15.5 Å². The Morgan fingerprint density at radius 2 is 1.97 bits per heavy atom. The van der Waals surface area contributed by atoms with Crippen LogP contribution in [0.25, 0.3) is 5.69 Å². The van der Waals surface area contributed by atoms with Gasteiger partial charge in [0.15, 0.2) is 5.11 Å². The fraction of sp³-hybridized carbons (Fsp3) is 0.179. The number of anilines is 2. The molecule has 0 radical (unpaired) electrons. The number of rotatable bonds is 7. The molecule has 5 rings (SSSR count). The first-order valence-electron chi connectivity index (χ1n) is 11.8. The number of amides is 1. The first-order chi connectivity index (χ1) is 18.0. The normalized spacial score (nSPS) is 17.1. The molecule has 1 aliphatic rings. The maximum Gasteiger partial charge on any atom is 0.250 e. The SMILES string of the molecule is COCC(=O)Nc1ccc(N2C(=S)NC(c3ccccn3)C2c2cccn2-c2cccc(C)c2)cc1Cl. The van der Waals surface area contributed by atoms with Crippen molar-refractivity contribution in [2.75, 3.05) is 23.9 Å². The summed E-state index contributed by atoms with van der Waals surface area (Å²) in [5.41, 5.74) is 5.46. The zero-order valence-corrected chi connectivity index (χ0v) is 22.0. The van der Waals surface area contributed by atoms with Gasteiger partial charge < -0.3 is 24.8 Å². The van der Waals surface area contributed by atoms with Crippen molar-refractivity contribution >= 4 is 46.2 Å². The van der Waals surface area contributed by atoms with Gasteiger partial charge in [0.1, 0.15) is 12.6 Å². The van der Waals surface area contributed by atoms with Crippen LogP contribution in [0.15, 0.2) is 85.2 Å². The molecule has 1 saturated heterocycles. The number of aryl methyl sites for hydroxylation is 1. The largest absolute Gasteiger partial charge is 0.375 e. The number of thiocarbonyl (C=S) groups is 1. The lowest BCUT2D eigenvalue weighted by molar-refractivity contribution is -0.119. The van der Waals surface area contributed by atoms with E-state index in [1.807, 2.05) is 36.4 Å². The molecule has 0 aliphatic carbocycles. The molecule has 37 heavy (non-hydrogen) atoms. The molecule has 0 bridgehead atoms. The lowest BCUT2D eigenvalue weighted by Crippen LogP contribution is -2.30. The van der Waals surface area contributed by atoms with Crippen LogP contribution in [-0.2, 0) is 9.53 Å². The molecule has 7 nitrogen and oxygen atoms in total. The molecular weight excluding hydrogens is 506 g/mol. The van der Waals surface area contributed by atoms with Crippen molar-refractivity contribution in [1.82, 2.24) is 14.9 Å².